The van der Waals surface area contributed by atoms with Crippen molar-refractivity contribution in [3.8, 4) is 0 Å². The fourth-order valence-corrected chi connectivity index (χ4v) is 5.45. The van der Waals surface area contributed by atoms with E-state index in [1.54, 1.807) is 30.3 Å². The summed E-state index contributed by atoms with van der Waals surface area (Å²) in [5.41, 5.74) is 0.134. The number of anilines is 1. The molecule has 1 heterocycles. The Hall–Kier alpha value is -2.51. The van der Waals surface area contributed by atoms with Gasteiger partial charge in [-0.25, -0.2) is 18.0 Å². The van der Waals surface area contributed by atoms with Crippen molar-refractivity contribution in [2.24, 2.45) is 5.41 Å². The second-order valence-corrected chi connectivity index (χ2v) is 10.9. The zero-order valence-corrected chi connectivity index (χ0v) is 18.1. The van der Waals surface area contributed by atoms with E-state index in [4.69, 9.17) is 0 Å². The fraction of sp³-hybridized carbons (Fsp3) is 0.364. The van der Waals surface area contributed by atoms with Crippen LogP contribution in [0.4, 0.5) is 5.69 Å². The monoisotopic (exact) mass is 414 g/mol. The van der Waals surface area contributed by atoms with Crippen LogP contribution in [0.25, 0.3) is 0 Å². The van der Waals surface area contributed by atoms with Crippen LogP contribution in [0.2, 0.25) is 0 Å². The van der Waals surface area contributed by atoms with Gasteiger partial charge in [0, 0.05) is 5.54 Å². The molecule has 2 aromatic carbocycles. The smallest absolute Gasteiger partial charge is 0.266 e. The number of carbonyl (C=O) groups is 2. The first-order chi connectivity index (χ1) is 13.3. The highest BCUT2D eigenvalue weighted by Crippen LogP contribution is 2.31. The number of benzene rings is 2. The molecule has 154 valence electrons. The molecule has 0 aliphatic carbocycles. The zero-order chi connectivity index (χ0) is 21.6. The molecule has 7 heteroatoms. The lowest BCUT2D eigenvalue weighted by Crippen LogP contribution is -2.45. The minimum atomic E-state index is -3.84. The number of amides is 2. The number of nitrogens with zero attached hydrogens (tertiary/aromatic N) is 1. The van der Waals surface area contributed by atoms with Crippen LogP contribution in [0.5, 0.6) is 0 Å². The molecule has 0 unspecified atom stereocenters. The molecule has 1 aliphatic heterocycles. The van der Waals surface area contributed by atoms with Crippen molar-refractivity contribution < 1.29 is 18.0 Å². The van der Waals surface area contributed by atoms with E-state index in [9.17, 15) is 18.0 Å². The van der Waals surface area contributed by atoms with E-state index in [0.717, 1.165) is 4.90 Å². The molecule has 1 aliphatic rings. The van der Waals surface area contributed by atoms with Gasteiger partial charge in [-0.3, -0.25) is 9.59 Å². The Balaban J connectivity index is 1.93. The molecule has 0 saturated carbocycles. The number of hydrogen-bond donors (Lipinski definition) is 1. The molecule has 0 radical (unpaired) electrons. The van der Waals surface area contributed by atoms with Crippen molar-refractivity contribution in [2.45, 2.75) is 51.5 Å². The number of imide groups is 1. The van der Waals surface area contributed by atoms with Gasteiger partial charge in [0.05, 0.1) is 21.7 Å². The van der Waals surface area contributed by atoms with Gasteiger partial charge in [-0.2, -0.15) is 0 Å². The first kappa shape index (κ1) is 21.2. The summed E-state index contributed by atoms with van der Waals surface area (Å²) < 4.78 is 28.7. The maximum atomic E-state index is 13.0. The van der Waals surface area contributed by atoms with E-state index in [0.29, 0.717) is 17.5 Å². The van der Waals surface area contributed by atoms with E-state index in [1.807, 2.05) is 34.6 Å². The van der Waals surface area contributed by atoms with E-state index >= 15 is 0 Å². The summed E-state index contributed by atoms with van der Waals surface area (Å²) in [6.45, 7) is 9.82. The minimum absolute atomic E-state index is 0.00791. The number of fused-ring (bicyclic) bond motifs is 1. The summed E-state index contributed by atoms with van der Waals surface area (Å²) in [6.07, 6.45) is 0.636. The quantitative estimate of drug-likeness (QED) is 0.750. The largest absolute Gasteiger partial charge is 0.268 e. The molecule has 6 nitrogen and oxygen atoms in total. The summed E-state index contributed by atoms with van der Waals surface area (Å²) >= 11 is 0. The third-order valence-electron chi connectivity index (χ3n) is 4.56. The maximum Gasteiger partial charge on any atom is 0.266 e. The normalized spacial score (nSPS) is 15.0. The number of sulfonamides is 1. The Morgan fingerprint density at radius 3 is 1.93 bits per heavy atom. The Kier molecular flexibility index (Phi) is 5.17. The first-order valence-corrected chi connectivity index (χ1v) is 10.9. The second kappa shape index (κ2) is 7.07. The van der Waals surface area contributed by atoms with Crippen LogP contribution in [0.3, 0.4) is 0 Å². The number of rotatable bonds is 5. The van der Waals surface area contributed by atoms with E-state index < -0.39 is 27.4 Å². The third kappa shape index (κ3) is 4.41. The summed E-state index contributed by atoms with van der Waals surface area (Å²) in [5, 5.41) is 0. The highest BCUT2D eigenvalue weighted by molar-refractivity contribution is 7.89. The van der Waals surface area contributed by atoms with Crippen molar-refractivity contribution in [1.82, 2.24) is 4.72 Å². The van der Waals surface area contributed by atoms with Crippen molar-refractivity contribution in [3.63, 3.8) is 0 Å². The van der Waals surface area contributed by atoms with E-state index in [2.05, 4.69) is 4.72 Å². The van der Waals surface area contributed by atoms with Crippen LogP contribution in [0, 0.1) is 5.41 Å². The second-order valence-electron chi connectivity index (χ2n) is 9.22. The lowest BCUT2D eigenvalue weighted by molar-refractivity contribution is 0.0926. The SMILES string of the molecule is CC(C)(C)CC(C)(C)NS(=O)(=O)c1cccc(N2C(=O)c3ccccc3C2=O)c1. The topological polar surface area (TPSA) is 83.6 Å². The average molecular weight is 415 g/mol. The Morgan fingerprint density at radius 1 is 0.862 bits per heavy atom. The number of hydrogen-bond acceptors (Lipinski definition) is 4. The predicted octanol–water partition coefficient (Wildman–Crippen LogP) is 3.98. The molecular weight excluding hydrogens is 388 g/mol. The molecule has 0 fully saturated rings. The highest BCUT2D eigenvalue weighted by atomic mass is 32.2. The standard InChI is InChI=1S/C22H26N2O4S/c1-21(2,3)14-22(4,5)23-29(27,28)16-10-8-9-15(13-16)24-19(25)17-11-6-7-12-18(17)20(24)26/h6-13,23H,14H2,1-5H3. The molecule has 3 rings (SSSR count). The van der Waals surface area contributed by atoms with Gasteiger partial charge in [0.2, 0.25) is 10.0 Å². The van der Waals surface area contributed by atoms with Gasteiger partial charge in [-0.15, -0.1) is 0 Å². The fourth-order valence-electron chi connectivity index (χ4n) is 4.00. The molecule has 2 amide bonds. The Morgan fingerprint density at radius 2 is 1.41 bits per heavy atom. The lowest BCUT2D eigenvalue weighted by Gasteiger charge is -2.33. The summed E-state index contributed by atoms with van der Waals surface area (Å²) in [5.74, 6) is -0.915. The third-order valence-corrected chi connectivity index (χ3v) is 6.26. The van der Waals surface area contributed by atoms with E-state index in [1.165, 1.54) is 18.2 Å². The zero-order valence-electron chi connectivity index (χ0n) is 17.3. The van der Waals surface area contributed by atoms with Crippen molar-refractivity contribution in [3.05, 3.63) is 59.7 Å². The highest BCUT2D eigenvalue weighted by Gasteiger charge is 2.37. The molecule has 0 aromatic heterocycles. The van der Waals surface area contributed by atoms with Gasteiger partial charge >= 0.3 is 0 Å². The Labute approximate surface area is 172 Å². The maximum absolute atomic E-state index is 13.0. The van der Waals surface area contributed by atoms with Crippen LogP contribution < -0.4 is 9.62 Å². The van der Waals surface area contributed by atoms with Crippen LogP contribution in [0.1, 0.15) is 61.8 Å². The van der Waals surface area contributed by atoms with Crippen molar-refractivity contribution in [2.75, 3.05) is 4.90 Å². The van der Waals surface area contributed by atoms with Gasteiger partial charge < -0.3 is 0 Å². The summed E-state index contributed by atoms with van der Waals surface area (Å²) in [6, 6.07) is 12.5. The molecule has 29 heavy (non-hydrogen) atoms. The number of nitrogens with one attached hydrogen (secondary N) is 1. The van der Waals surface area contributed by atoms with Crippen molar-refractivity contribution >= 4 is 27.5 Å². The van der Waals surface area contributed by atoms with Gasteiger partial charge in [0.1, 0.15) is 0 Å². The predicted molar refractivity (Wildman–Crippen MR) is 112 cm³/mol. The molecule has 0 spiro atoms. The van der Waals surface area contributed by atoms with Crippen LogP contribution in [-0.4, -0.2) is 25.8 Å². The molecular formula is C22H26N2O4S. The first-order valence-electron chi connectivity index (χ1n) is 9.43. The molecule has 0 bridgehead atoms. The van der Waals surface area contributed by atoms with Gasteiger partial charge in [-0.05, 0) is 56.0 Å². The van der Waals surface area contributed by atoms with Gasteiger partial charge in [0.25, 0.3) is 11.8 Å². The van der Waals surface area contributed by atoms with Crippen LogP contribution >= 0.6 is 0 Å². The summed E-state index contributed by atoms with van der Waals surface area (Å²) in [7, 11) is -3.84. The van der Waals surface area contributed by atoms with Gasteiger partial charge in [0.15, 0.2) is 0 Å². The summed E-state index contributed by atoms with van der Waals surface area (Å²) in [4.78, 5) is 26.4. The Bertz CT molecular complexity index is 1050. The minimum Gasteiger partial charge on any atom is -0.268 e. The molecule has 1 N–H and O–H groups in total. The van der Waals surface area contributed by atoms with Crippen LogP contribution in [0.15, 0.2) is 53.4 Å². The molecule has 0 saturated heterocycles. The molecule has 0 atom stereocenters. The van der Waals surface area contributed by atoms with Crippen LogP contribution in [-0.2, 0) is 10.0 Å². The number of carbonyl (C=O) groups excluding carboxylic acids is 2. The lowest BCUT2D eigenvalue weighted by atomic mass is 9.82. The molecule has 2 aromatic rings. The van der Waals surface area contributed by atoms with E-state index in [-0.39, 0.29) is 16.0 Å². The van der Waals surface area contributed by atoms with Crippen molar-refractivity contribution in [1.29, 1.82) is 0 Å². The average Bonchev–Trinajstić information content (AvgIpc) is 2.83. The van der Waals surface area contributed by atoms with Gasteiger partial charge in [-0.1, -0.05) is 39.0 Å².